The molecule has 0 saturated heterocycles. The first kappa shape index (κ1) is 22.0. The molecule has 0 bridgehead atoms. The van der Waals surface area contributed by atoms with Crippen LogP contribution in [-0.2, 0) is 9.59 Å². The van der Waals surface area contributed by atoms with Crippen LogP contribution >= 0.6 is 11.6 Å². The minimum absolute atomic E-state index is 0.0510. The predicted molar refractivity (Wildman–Crippen MR) is 125 cm³/mol. The minimum atomic E-state index is -0.558. The van der Waals surface area contributed by atoms with E-state index in [0.717, 1.165) is 10.5 Å². The Bertz CT molecular complexity index is 1300. The van der Waals surface area contributed by atoms with E-state index in [4.69, 9.17) is 16.3 Å². The van der Waals surface area contributed by atoms with E-state index in [2.05, 4.69) is 5.32 Å². The number of nitrogens with one attached hydrogen (secondary N) is 1. The second-order valence-electron chi connectivity index (χ2n) is 7.28. The number of non-ortho nitro benzene ring substituents is 1. The minimum Gasteiger partial charge on any atom is -0.497 e. The van der Waals surface area contributed by atoms with Crippen molar-refractivity contribution >= 4 is 46.1 Å². The maximum Gasteiger partial charge on any atom is 0.282 e. The molecule has 1 N–H and O–H groups in total. The third kappa shape index (κ3) is 4.16. The van der Waals surface area contributed by atoms with Gasteiger partial charge in [-0.3, -0.25) is 19.7 Å². The summed E-state index contributed by atoms with van der Waals surface area (Å²) in [5.41, 5.74) is 2.15. The Morgan fingerprint density at radius 3 is 2.24 bits per heavy atom. The van der Waals surface area contributed by atoms with Crippen LogP contribution in [0.2, 0.25) is 5.02 Å². The number of methoxy groups -OCH3 is 1. The summed E-state index contributed by atoms with van der Waals surface area (Å²) in [6.45, 7) is 1.84. The molecule has 0 atom stereocenters. The highest BCUT2D eigenvalue weighted by molar-refractivity contribution is 6.46. The van der Waals surface area contributed by atoms with Gasteiger partial charge in [0.25, 0.3) is 17.5 Å². The quantitative estimate of drug-likeness (QED) is 0.315. The second kappa shape index (κ2) is 8.76. The van der Waals surface area contributed by atoms with Crippen molar-refractivity contribution in [1.29, 1.82) is 0 Å². The molecule has 4 rings (SSSR count). The average molecular weight is 464 g/mol. The Morgan fingerprint density at radius 1 is 0.970 bits per heavy atom. The van der Waals surface area contributed by atoms with Gasteiger partial charge in [-0.2, -0.15) is 0 Å². The molecule has 3 aromatic carbocycles. The highest BCUT2D eigenvalue weighted by Crippen LogP contribution is 2.35. The van der Waals surface area contributed by atoms with E-state index >= 15 is 0 Å². The molecule has 0 radical (unpaired) electrons. The molecule has 3 aromatic rings. The summed E-state index contributed by atoms with van der Waals surface area (Å²) in [5.74, 6) is -0.534. The number of benzene rings is 3. The molecule has 1 aliphatic rings. The number of aryl methyl sites for hydroxylation is 1. The molecular weight excluding hydrogens is 446 g/mol. The van der Waals surface area contributed by atoms with E-state index in [1.807, 2.05) is 6.92 Å². The van der Waals surface area contributed by atoms with Crippen LogP contribution in [0.1, 0.15) is 11.1 Å². The van der Waals surface area contributed by atoms with Crippen molar-refractivity contribution in [3.05, 3.63) is 98.7 Å². The zero-order valence-electron chi connectivity index (χ0n) is 17.7. The highest BCUT2D eigenvalue weighted by atomic mass is 35.5. The van der Waals surface area contributed by atoms with Crippen LogP contribution in [0.25, 0.3) is 5.57 Å². The molecule has 8 nitrogen and oxygen atoms in total. The van der Waals surface area contributed by atoms with E-state index in [0.29, 0.717) is 27.7 Å². The van der Waals surface area contributed by atoms with Gasteiger partial charge >= 0.3 is 0 Å². The predicted octanol–water partition coefficient (Wildman–Crippen LogP) is 4.96. The van der Waals surface area contributed by atoms with E-state index < -0.39 is 16.7 Å². The number of anilines is 2. The van der Waals surface area contributed by atoms with Crippen LogP contribution in [0.3, 0.4) is 0 Å². The van der Waals surface area contributed by atoms with Gasteiger partial charge in [-0.15, -0.1) is 0 Å². The number of imide groups is 1. The van der Waals surface area contributed by atoms with Crippen LogP contribution in [0.15, 0.2) is 72.4 Å². The molecule has 9 heteroatoms. The SMILES string of the molecule is COc1ccc(N2C(=O)C(Nc3cc(Cl)ccc3C)=C(c3ccc([N+](=O)[O-])cc3)C2=O)cc1. The highest BCUT2D eigenvalue weighted by Gasteiger charge is 2.40. The third-order valence-corrected chi connectivity index (χ3v) is 5.48. The van der Waals surface area contributed by atoms with Gasteiger partial charge in [0, 0.05) is 22.8 Å². The third-order valence-electron chi connectivity index (χ3n) is 5.24. The van der Waals surface area contributed by atoms with Crippen LogP contribution in [-0.4, -0.2) is 23.8 Å². The molecule has 166 valence electrons. The fraction of sp³-hybridized carbons (Fsp3) is 0.0833. The molecule has 0 unspecified atom stereocenters. The first-order valence-corrected chi connectivity index (χ1v) is 10.2. The van der Waals surface area contributed by atoms with Gasteiger partial charge in [-0.1, -0.05) is 17.7 Å². The lowest BCUT2D eigenvalue weighted by Gasteiger charge is -2.16. The Balaban J connectivity index is 1.82. The monoisotopic (exact) mass is 463 g/mol. The number of nitrogens with zero attached hydrogens (tertiary/aromatic N) is 2. The van der Waals surface area contributed by atoms with Crippen molar-refractivity contribution < 1.29 is 19.2 Å². The van der Waals surface area contributed by atoms with Crippen molar-refractivity contribution in [2.75, 3.05) is 17.3 Å². The van der Waals surface area contributed by atoms with E-state index in [-0.39, 0.29) is 17.0 Å². The van der Waals surface area contributed by atoms with Crippen LogP contribution in [0, 0.1) is 17.0 Å². The van der Waals surface area contributed by atoms with E-state index in [9.17, 15) is 19.7 Å². The number of carbonyl (C=O) groups excluding carboxylic acids is 2. The number of hydrogen-bond donors (Lipinski definition) is 1. The first-order chi connectivity index (χ1) is 15.8. The van der Waals surface area contributed by atoms with Crippen molar-refractivity contribution in [1.82, 2.24) is 0 Å². The van der Waals surface area contributed by atoms with Crippen molar-refractivity contribution in [3.8, 4) is 5.75 Å². The smallest absolute Gasteiger partial charge is 0.282 e. The van der Waals surface area contributed by atoms with Gasteiger partial charge in [-0.05, 0) is 66.6 Å². The maximum absolute atomic E-state index is 13.5. The standard InChI is InChI=1S/C24H18ClN3O5/c1-14-3-6-16(25)13-20(14)26-22-21(15-4-7-18(8-5-15)28(31)32)23(29)27(24(22)30)17-9-11-19(33-2)12-10-17/h3-13,26H,1-2H3. The number of halogens is 1. The largest absolute Gasteiger partial charge is 0.497 e. The first-order valence-electron chi connectivity index (χ1n) is 9.85. The number of hydrogen-bond acceptors (Lipinski definition) is 6. The Kier molecular flexibility index (Phi) is 5.85. The molecule has 0 aromatic heterocycles. The second-order valence-corrected chi connectivity index (χ2v) is 7.72. The lowest BCUT2D eigenvalue weighted by Crippen LogP contribution is -2.32. The summed E-state index contributed by atoms with van der Waals surface area (Å²) in [7, 11) is 1.52. The van der Waals surface area contributed by atoms with Gasteiger partial charge in [0.2, 0.25) is 0 Å². The topological polar surface area (TPSA) is 102 Å². The fourth-order valence-electron chi connectivity index (χ4n) is 3.49. The zero-order valence-corrected chi connectivity index (χ0v) is 18.4. The summed E-state index contributed by atoms with van der Waals surface area (Å²) < 4.78 is 5.15. The molecule has 2 amide bonds. The molecule has 0 saturated carbocycles. The van der Waals surface area contributed by atoms with Crippen LogP contribution in [0.4, 0.5) is 17.1 Å². The van der Waals surface area contributed by atoms with Gasteiger partial charge in [0.1, 0.15) is 11.4 Å². The fourth-order valence-corrected chi connectivity index (χ4v) is 3.66. The summed E-state index contributed by atoms with van der Waals surface area (Å²) in [5, 5.41) is 14.6. The number of carbonyl (C=O) groups is 2. The molecule has 1 aliphatic heterocycles. The zero-order chi connectivity index (χ0) is 23.7. The number of amides is 2. The Hall–Kier alpha value is -4.17. The lowest BCUT2D eigenvalue weighted by atomic mass is 10.0. The molecule has 0 spiro atoms. The van der Waals surface area contributed by atoms with Crippen molar-refractivity contribution in [3.63, 3.8) is 0 Å². The van der Waals surface area contributed by atoms with Gasteiger partial charge in [0.05, 0.1) is 23.3 Å². The Labute approximate surface area is 194 Å². The molecule has 33 heavy (non-hydrogen) atoms. The van der Waals surface area contributed by atoms with E-state index in [1.165, 1.54) is 31.4 Å². The molecule has 0 aliphatic carbocycles. The summed E-state index contributed by atoms with van der Waals surface area (Å²) >= 11 is 6.13. The average Bonchev–Trinajstić information content (AvgIpc) is 3.05. The number of rotatable bonds is 6. The maximum atomic E-state index is 13.5. The molecule has 0 fully saturated rings. The van der Waals surface area contributed by atoms with Gasteiger partial charge < -0.3 is 10.1 Å². The lowest BCUT2D eigenvalue weighted by molar-refractivity contribution is -0.384. The van der Waals surface area contributed by atoms with Gasteiger partial charge in [0.15, 0.2) is 0 Å². The van der Waals surface area contributed by atoms with E-state index in [1.54, 1.807) is 42.5 Å². The summed E-state index contributed by atoms with van der Waals surface area (Å²) in [4.78, 5) is 38.5. The Morgan fingerprint density at radius 2 is 1.64 bits per heavy atom. The summed E-state index contributed by atoms with van der Waals surface area (Å²) in [6.07, 6.45) is 0. The molecular formula is C24H18ClN3O5. The van der Waals surface area contributed by atoms with Crippen molar-refractivity contribution in [2.24, 2.45) is 0 Å². The molecule has 1 heterocycles. The van der Waals surface area contributed by atoms with Gasteiger partial charge in [-0.25, -0.2) is 4.90 Å². The number of nitro benzene ring substituents is 1. The normalized spacial score (nSPS) is 13.5. The number of ether oxygens (including phenoxy) is 1. The van der Waals surface area contributed by atoms with Crippen LogP contribution < -0.4 is 15.0 Å². The summed E-state index contributed by atoms with van der Waals surface area (Å²) in [6, 6.07) is 17.2. The number of nitro groups is 1. The van der Waals surface area contributed by atoms with Crippen molar-refractivity contribution in [2.45, 2.75) is 6.92 Å². The van der Waals surface area contributed by atoms with Crippen LogP contribution in [0.5, 0.6) is 5.75 Å².